The normalized spacial score (nSPS) is 10.9. The van der Waals surface area contributed by atoms with E-state index in [1.807, 2.05) is 83.4 Å². The van der Waals surface area contributed by atoms with Crippen LogP contribution in [-0.2, 0) is 17.9 Å². The number of carbonyl (C=O) groups is 1. The van der Waals surface area contributed by atoms with Crippen LogP contribution in [-0.4, -0.2) is 22.6 Å². The Kier molecular flexibility index (Phi) is 5.64. The molecule has 0 aliphatic carbocycles. The van der Waals surface area contributed by atoms with Crippen LogP contribution in [0.2, 0.25) is 0 Å². The molecule has 5 aromatic rings. The Morgan fingerprint density at radius 2 is 1.61 bits per heavy atom. The van der Waals surface area contributed by atoms with Gasteiger partial charge in [0.25, 0.3) is 0 Å². The quantitative estimate of drug-likeness (QED) is 0.369. The Hall–Kier alpha value is -4.32. The molecule has 0 saturated heterocycles. The molecule has 0 bridgehead atoms. The molecule has 33 heavy (non-hydrogen) atoms. The first kappa shape index (κ1) is 20.6. The van der Waals surface area contributed by atoms with Crippen molar-refractivity contribution in [1.29, 1.82) is 0 Å². The molecule has 6 nitrogen and oxygen atoms in total. The highest BCUT2D eigenvalue weighted by Gasteiger charge is 2.16. The summed E-state index contributed by atoms with van der Waals surface area (Å²) in [5.74, 6) is 1.90. The van der Waals surface area contributed by atoms with Gasteiger partial charge in [-0.1, -0.05) is 60.7 Å². The maximum Gasteiger partial charge on any atom is 0.244 e. The third-order valence-corrected chi connectivity index (χ3v) is 5.52. The second-order valence-corrected chi connectivity index (χ2v) is 7.62. The van der Waals surface area contributed by atoms with Gasteiger partial charge in [0.1, 0.15) is 30.5 Å². The largest absolute Gasteiger partial charge is 0.495 e. The zero-order chi connectivity index (χ0) is 22.6. The second-order valence-electron chi connectivity index (χ2n) is 7.62. The minimum atomic E-state index is -0.172. The van der Waals surface area contributed by atoms with Crippen LogP contribution in [0.3, 0.4) is 0 Å². The molecule has 4 aromatic carbocycles. The molecule has 0 aliphatic rings. The number of rotatable bonds is 7. The number of aromatic nitrogens is 2. The predicted molar refractivity (Wildman–Crippen MR) is 130 cm³/mol. The summed E-state index contributed by atoms with van der Waals surface area (Å²) in [5, 5.41) is 5.09. The summed E-state index contributed by atoms with van der Waals surface area (Å²) >= 11 is 0. The number of amides is 1. The van der Waals surface area contributed by atoms with Gasteiger partial charge in [-0.3, -0.25) is 4.79 Å². The number of para-hydroxylation sites is 4. The molecule has 5 rings (SSSR count). The smallest absolute Gasteiger partial charge is 0.244 e. The van der Waals surface area contributed by atoms with Crippen LogP contribution >= 0.6 is 0 Å². The number of nitrogens with one attached hydrogen (secondary N) is 1. The lowest BCUT2D eigenvalue weighted by molar-refractivity contribution is -0.116. The van der Waals surface area contributed by atoms with E-state index < -0.39 is 0 Å². The second kappa shape index (κ2) is 9.04. The van der Waals surface area contributed by atoms with Gasteiger partial charge in [-0.15, -0.1) is 0 Å². The average Bonchev–Trinajstić information content (AvgIpc) is 3.20. The van der Waals surface area contributed by atoms with Gasteiger partial charge in [-0.2, -0.15) is 0 Å². The molecule has 0 fully saturated rings. The number of benzene rings is 4. The van der Waals surface area contributed by atoms with E-state index in [1.54, 1.807) is 7.11 Å². The Bertz CT molecular complexity index is 1440. The van der Waals surface area contributed by atoms with E-state index >= 15 is 0 Å². The van der Waals surface area contributed by atoms with Crippen molar-refractivity contribution in [3.05, 3.63) is 96.8 Å². The van der Waals surface area contributed by atoms with Crippen LogP contribution in [0.15, 0.2) is 91.0 Å². The summed E-state index contributed by atoms with van der Waals surface area (Å²) in [4.78, 5) is 17.7. The van der Waals surface area contributed by atoms with Crippen molar-refractivity contribution < 1.29 is 14.3 Å². The number of anilines is 1. The molecule has 0 atom stereocenters. The topological polar surface area (TPSA) is 65.4 Å². The van der Waals surface area contributed by atoms with E-state index in [0.29, 0.717) is 17.3 Å². The molecular weight excluding hydrogens is 414 g/mol. The van der Waals surface area contributed by atoms with Crippen molar-refractivity contribution in [2.75, 3.05) is 12.4 Å². The molecular formula is C27H23N3O3. The first-order valence-electron chi connectivity index (χ1n) is 10.7. The first-order valence-corrected chi connectivity index (χ1v) is 10.7. The van der Waals surface area contributed by atoms with E-state index in [2.05, 4.69) is 17.4 Å². The number of carbonyl (C=O) groups excluding carboxylic acids is 1. The van der Waals surface area contributed by atoms with Gasteiger partial charge in [0.2, 0.25) is 5.91 Å². The average molecular weight is 437 g/mol. The highest BCUT2D eigenvalue weighted by atomic mass is 16.5. The van der Waals surface area contributed by atoms with E-state index in [-0.39, 0.29) is 19.1 Å². The number of nitrogens with zero attached hydrogens (tertiary/aromatic N) is 2. The minimum Gasteiger partial charge on any atom is -0.495 e. The number of imidazole rings is 1. The van der Waals surface area contributed by atoms with Crippen LogP contribution in [0.1, 0.15) is 5.82 Å². The molecule has 164 valence electrons. The van der Waals surface area contributed by atoms with E-state index in [0.717, 1.165) is 27.6 Å². The summed E-state index contributed by atoms with van der Waals surface area (Å²) in [6.07, 6.45) is 0. The zero-order valence-electron chi connectivity index (χ0n) is 18.2. The molecule has 0 spiro atoms. The molecule has 6 heteroatoms. The lowest BCUT2D eigenvalue weighted by atomic mass is 10.1. The summed E-state index contributed by atoms with van der Waals surface area (Å²) in [7, 11) is 1.58. The molecule has 0 radical (unpaired) electrons. The van der Waals surface area contributed by atoms with Crippen LogP contribution in [0, 0.1) is 0 Å². The molecule has 1 aromatic heterocycles. The van der Waals surface area contributed by atoms with E-state index in [9.17, 15) is 4.79 Å². The van der Waals surface area contributed by atoms with Crippen molar-refractivity contribution in [1.82, 2.24) is 9.55 Å². The van der Waals surface area contributed by atoms with Crippen molar-refractivity contribution in [3.8, 4) is 11.5 Å². The Labute approximate surface area is 191 Å². The highest BCUT2D eigenvalue weighted by molar-refractivity contribution is 5.93. The molecule has 0 aliphatic heterocycles. The fourth-order valence-corrected chi connectivity index (χ4v) is 3.96. The van der Waals surface area contributed by atoms with Crippen LogP contribution in [0.4, 0.5) is 5.69 Å². The third kappa shape index (κ3) is 4.23. The number of hydrogen-bond acceptors (Lipinski definition) is 4. The molecule has 1 heterocycles. The SMILES string of the molecule is COc1ccccc1NC(=O)Cn1c(COc2cccc3ccccc23)nc2ccccc21. The van der Waals surface area contributed by atoms with Gasteiger partial charge < -0.3 is 19.4 Å². The summed E-state index contributed by atoms with van der Waals surface area (Å²) < 4.78 is 13.4. The van der Waals surface area contributed by atoms with Gasteiger partial charge >= 0.3 is 0 Å². The number of methoxy groups -OCH3 is 1. The maximum atomic E-state index is 12.9. The van der Waals surface area contributed by atoms with Gasteiger partial charge in [-0.25, -0.2) is 4.98 Å². The molecule has 0 saturated carbocycles. The fourth-order valence-electron chi connectivity index (χ4n) is 3.96. The maximum absolute atomic E-state index is 12.9. The minimum absolute atomic E-state index is 0.104. The Morgan fingerprint density at radius 3 is 2.52 bits per heavy atom. The molecule has 1 amide bonds. The monoisotopic (exact) mass is 437 g/mol. The molecule has 1 N–H and O–H groups in total. The standard InChI is InChI=1S/C27H23N3O3/c1-32-25-15-7-5-13-22(25)29-27(31)17-30-23-14-6-4-12-21(23)28-26(30)18-33-24-16-8-10-19-9-2-3-11-20(19)24/h2-16H,17-18H2,1H3,(H,29,31). The third-order valence-electron chi connectivity index (χ3n) is 5.52. The van der Waals surface area contributed by atoms with E-state index in [1.165, 1.54) is 0 Å². The number of hydrogen-bond donors (Lipinski definition) is 1. The zero-order valence-corrected chi connectivity index (χ0v) is 18.2. The summed E-state index contributed by atoms with van der Waals surface area (Å²) in [5.41, 5.74) is 2.33. The van der Waals surface area contributed by atoms with Crippen molar-refractivity contribution in [3.63, 3.8) is 0 Å². The molecule has 0 unspecified atom stereocenters. The Balaban J connectivity index is 1.42. The lowest BCUT2D eigenvalue weighted by Gasteiger charge is -2.13. The van der Waals surface area contributed by atoms with Crippen molar-refractivity contribution >= 4 is 33.4 Å². The van der Waals surface area contributed by atoms with Crippen LogP contribution < -0.4 is 14.8 Å². The number of fused-ring (bicyclic) bond motifs is 2. The van der Waals surface area contributed by atoms with Crippen LogP contribution in [0.25, 0.3) is 21.8 Å². The van der Waals surface area contributed by atoms with Crippen LogP contribution in [0.5, 0.6) is 11.5 Å². The van der Waals surface area contributed by atoms with Gasteiger partial charge in [0.05, 0.1) is 23.8 Å². The van der Waals surface area contributed by atoms with E-state index in [4.69, 9.17) is 14.5 Å². The lowest BCUT2D eigenvalue weighted by Crippen LogP contribution is -2.21. The van der Waals surface area contributed by atoms with Crippen molar-refractivity contribution in [2.24, 2.45) is 0 Å². The predicted octanol–water partition coefficient (Wildman–Crippen LogP) is 5.42. The van der Waals surface area contributed by atoms with Gasteiger partial charge in [0, 0.05) is 5.39 Å². The fraction of sp³-hybridized carbons (Fsp3) is 0.111. The van der Waals surface area contributed by atoms with Gasteiger partial charge in [0.15, 0.2) is 0 Å². The van der Waals surface area contributed by atoms with Crippen molar-refractivity contribution in [2.45, 2.75) is 13.2 Å². The summed E-state index contributed by atoms with van der Waals surface area (Å²) in [6.45, 7) is 0.345. The van der Waals surface area contributed by atoms with Gasteiger partial charge in [-0.05, 0) is 35.7 Å². The number of ether oxygens (including phenoxy) is 2. The first-order chi connectivity index (χ1) is 16.2. The highest BCUT2D eigenvalue weighted by Crippen LogP contribution is 2.27. The Morgan fingerprint density at radius 1 is 0.879 bits per heavy atom. The summed E-state index contributed by atoms with van der Waals surface area (Å²) in [6, 6.07) is 29.2.